The first-order valence-electron chi connectivity index (χ1n) is 8.17. The van der Waals surface area contributed by atoms with Crippen molar-refractivity contribution in [2.45, 2.75) is 50.7 Å². The molecule has 3 fully saturated rings. The zero-order valence-corrected chi connectivity index (χ0v) is 12.5. The standard InChI is InChI=1S/C15H25N3O3/c19-14(16-9-13-4-2-8-21-13)11-3-1-7-18(10-11)15(20)17-12-5-6-12/h11-13H,1-10H2,(H,16,19)(H,17,20). The molecule has 3 amide bonds. The van der Waals surface area contributed by atoms with Gasteiger partial charge >= 0.3 is 6.03 Å². The number of likely N-dealkylation sites (tertiary alicyclic amines) is 1. The summed E-state index contributed by atoms with van der Waals surface area (Å²) in [5.41, 5.74) is 0. The van der Waals surface area contributed by atoms with Crippen molar-refractivity contribution < 1.29 is 14.3 Å². The number of hydrogen-bond acceptors (Lipinski definition) is 3. The van der Waals surface area contributed by atoms with E-state index >= 15 is 0 Å². The normalized spacial score (nSPS) is 29.2. The van der Waals surface area contributed by atoms with E-state index in [1.165, 1.54) is 0 Å². The zero-order valence-electron chi connectivity index (χ0n) is 12.5. The highest BCUT2D eigenvalue weighted by atomic mass is 16.5. The molecule has 6 heteroatoms. The van der Waals surface area contributed by atoms with E-state index in [9.17, 15) is 9.59 Å². The molecule has 2 heterocycles. The summed E-state index contributed by atoms with van der Waals surface area (Å²) >= 11 is 0. The summed E-state index contributed by atoms with van der Waals surface area (Å²) in [6.07, 6.45) is 6.22. The molecule has 0 aromatic carbocycles. The van der Waals surface area contributed by atoms with E-state index in [0.29, 0.717) is 19.1 Å². The van der Waals surface area contributed by atoms with Crippen molar-refractivity contribution in [1.82, 2.24) is 15.5 Å². The molecule has 0 spiro atoms. The lowest BCUT2D eigenvalue weighted by molar-refractivity contribution is -0.126. The number of carbonyl (C=O) groups excluding carboxylic acids is 2. The van der Waals surface area contributed by atoms with E-state index in [1.807, 2.05) is 0 Å². The number of ether oxygens (including phenoxy) is 1. The van der Waals surface area contributed by atoms with E-state index in [1.54, 1.807) is 4.90 Å². The molecule has 2 atom stereocenters. The maximum Gasteiger partial charge on any atom is 0.317 e. The van der Waals surface area contributed by atoms with Crippen molar-refractivity contribution in [3.8, 4) is 0 Å². The van der Waals surface area contributed by atoms with Gasteiger partial charge in [0.05, 0.1) is 12.0 Å². The van der Waals surface area contributed by atoms with Crippen molar-refractivity contribution in [1.29, 1.82) is 0 Å². The predicted molar refractivity (Wildman–Crippen MR) is 77.8 cm³/mol. The van der Waals surface area contributed by atoms with Crippen molar-refractivity contribution in [3.63, 3.8) is 0 Å². The first kappa shape index (κ1) is 14.6. The number of amides is 3. The van der Waals surface area contributed by atoms with Crippen molar-refractivity contribution in [2.24, 2.45) is 5.92 Å². The Morgan fingerprint density at radius 1 is 1.14 bits per heavy atom. The van der Waals surface area contributed by atoms with Crippen LogP contribution >= 0.6 is 0 Å². The Bertz CT molecular complexity index is 392. The number of rotatable bonds is 4. The molecule has 6 nitrogen and oxygen atoms in total. The molecule has 3 rings (SSSR count). The molecule has 2 N–H and O–H groups in total. The van der Waals surface area contributed by atoms with Crippen molar-refractivity contribution >= 4 is 11.9 Å². The molecule has 2 aliphatic heterocycles. The first-order chi connectivity index (χ1) is 10.2. The minimum atomic E-state index is -0.0786. The van der Waals surface area contributed by atoms with E-state index < -0.39 is 0 Å². The fourth-order valence-electron chi connectivity index (χ4n) is 3.03. The lowest BCUT2D eigenvalue weighted by atomic mass is 9.97. The van der Waals surface area contributed by atoms with Gasteiger partial charge in [0.25, 0.3) is 0 Å². The Morgan fingerprint density at radius 2 is 2.00 bits per heavy atom. The highest BCUT2D eigenvalue weighted by Crippen LogP contribution is 2.21. The number of urea groups is 1. The summed E-state index contributed by atoms with van der Waals surface area (Å²) in [7, 11) is 0. The van der Waals surface area contributed by atoms with Crippen LogP contribution in [0.3, 0.4) is 0 Å². The van der Waals surface area contributed by atoms with Gasteiger partial charge in [0.15, 0.2) is 0 Å². The van der Waals surface area contributed by atoms with Crippen LogP contribution < -0.4 is 10.6 Å². The van der Waals surface area contributed by atoms with E-state index in [-0.39, 0.29) is 24.0 Å². The number of hydrogen-bond donors (Lipinski definition) is 2. The maximum absolute atomic E-state index is 12.2. The van der Waals surface area contributed by atoms with Gasteiger partial charge < -0.3 is 20.3 Å². The van der Waals surface area contributed by atoms with Gasteiger partial charge in [0.2, 0.25) is 5.91 Å². The first-order valence-corrected chi connectivity index (χ1v) is 8.17. The third kappa shape index (κ3) is 4.09. The number of piperidine rings is 1. The largest absolute Gasteiger partial charge is 0.376 e. The SMILES string of the molecule is O=C(NCC1CCCO1)C1CCCN(C(=O)NC2CC2)C1. The molecule has 0 aromatic heterocycles. The summed E-state index contributed by atoms with van der Waals surface area (Å²) in [6.45, 7) is 2.70. The van der Waals surface area contributed by atoms with E-state index in [0.717, 1.165) is 51.7 Å². The van der Waals surface area contributed by atoms with Crippen LogP contribution in [-0.2, 0) is 9.53 Å². The summed E-state index contributed by atoms with van der Waals surface area (Å²) in [4.78, 5) is 26.1. The van der Waals surface area contributed by atoms with Gasteiger partial charge in [-0.25, -0.2) is 4.79 Å². The fourth-order valence-corrected chi connectivity index (χ4v) is 3.03. The van der Waals surface area contributed by atoms with Crippen LogP contribution in [-0.4, -0.2) is 55.2 Å². The fraction of sp³-hybridized carbons (Fsp3) is 0.867. The molecular weight excluding hydrogens is 270 g/mol. The minimum Gasteiger partial charge on any atom is -0.376 e. The molecule has 118 valence electrons. The lowest BCUT2D eigenvalue weighted by Crippen LogP contribution is -2.49. The molecular formula is C15H25N3O3. The Labute approximate surface area is 125 Å². The Hall–Kier alpha value is -1.30. The van der Waals surface area contributed by atoms with Crippen LogP contribution in [0.25, 0.3) is 0 Å². The van der Waals surface area contributed by atoms with Crippen LogP contribution in [0.5, 0.6) is 0 Å². The van der Waals surface area contributed by atoms with Gasteiger partial charge in [-0.2, -0.15) is 0 Å². The molecule has 3 aliphatic rings. The summed E-state index contributed by atoms with van der Waals surface area (Å²) in [6, 6.07) is 0.361. The Kier molecular flexibility index (Phi) is 4.63. The van der Waals surface area contributed by atoms with Crippen LogP contribution in [0.4, 0.5) is 4.79 Å². The van der Waals surface area contributed by atoms with Crippen LogP contribution in [0.15, 0.2) is 0 Å². The second-order valence-corrected chi connectivity index (χ2v) is 6.39. The average Bonchev–Trinajstić information content (AvgIpc) is 3.16. The van der Waals surface area contributed by atoms with E-state index in [2.05, 4.69) is 10.6 Å². The summed E-state index contributed by atoms with van der Waals surface area (Å²) in [5.74, 6) is -0.0143. The van der Waals surface area contributed by atoms with Gasteiger partial charge in [0, 0.05) is 32.3 Å². The maximum atomic E-state index is 12.2. The molecule has 2 unspecified atom stereocenters. The van der Waals surface area contributed by atoms with Gasteiger partial charge in [-0.05, 0) is 38.5 Å². The Morgan fingerprint density at radius 3 is 2.71 bits per heavy atom. The van der Waals surface area contributed by atoms with Gasteiger partial charge in [-0.3, -0.25) is 4.79 Å². The Balaban J connectivity index is 1.43. The third-order valence-electron chi connectivity index (χ3n) is 4.51. The van der Waals surface area contributed by atoms with E-state index in [4.69, 9.17) is 4.74 Å². The van der Waals surface area contributed by atoms with Crippen molar-refractivity contribution in [2.75, 3.05) is 26.2 Å². The predicted octanol–water partition coefficient (Wildman–Crippen LogP) is 0.866. The zero-order chi connectivity index (χ0) is 14.7. The number of nitrogens with one attached hydrogen (secondary N) is 2. The molecule has 0 radical (unpaired) electrons. The van der Waals surface area contributed by atoms with Crippen LogP contribution in [0, 0.1) is 5.92 Å². The quantitative estimate of drug-likeness (QED) is 0.808. The second kappa shape index (κ2) is 6.64. The topological polar surface area (TPSA) is 70.7 Å². The van der Waals surface area contributed by atoms with Gasteiger partial charge in [-0.1, -0.05) is 0 Å². The number of carbonyl (C=O) groups is 2. The monoisotopic (exact) mass is 295 g/mol. The van der Waals surface area contributed by atoms with Crippen LogP contribution in [0.1, 0.15) is 38.5 Å². The molecule has 1 saturated carbocycles. The van der Waals surface area contributed by atoms with Gasteiger partial charge in [0.1, 0.15) is 0 Å². The lowest BCUT2D eigenvalue weighted by Gasteiger charge is -2.32. The second-order valence-electron chi connectivity index (χ2n) is 6.39. The number of nitrogens with zero attached hydrogens (tertiary/aromatic N) is 1. The van der Waals surface area contributed by atoms with Crippen molar-refractivity contribution in [3.05, 3.63) is 0 Å². The molecule has 2 saturated heterocycles. The molecule has 0 aromatic rings. The minimum absolute atomic E-state index is 0.00544. The third-order valence-corrected chi connectivity index (χ3v) is 4.51. The van der Waals surface area contributed by atoms with Gasteiger partial charge in [-0.15, -0.1) is 0 Å². The molecule has 1 aliphatic carbocycles. The average molecular weight is 295 g/mol. The highest BCUT2D eigenvalue weighted by Gasteiger charge is 2.31. The van der Waals surface area contributed by atoms with Crippen LogP contribution in [0.2, 0.25) is 0 Å². The molecule has 21 heavy (non-hydrogen) atoms. The smallest absolute Gasteiger partial charge is 0.317 e. The summed E-state index contributed by atoms with van der Waals surface area (Å²) < 4.78 is 5.51. The highest BCUT2D eigenvalue weighted by molar-refractivity contribution is 5.81. The summed E-state index contributed by atoms with van der Waals surface area (Å²) in [5, 5.41) is 5.98. The molecule has 0 bridgehead atoms.